The molecule has 0 atom stereocenters. The predicted octanol–water partition coefficient (Wildman–Crippen LogP) is 4.23. The lowest BCUT2D eigenvalue weighted by Gasteiger charge is -2.04. The van der Waals surface area contributed by atoms with E-state index in [1.54, 1.807) is 13.2 Å². The Bertz CT molecular complexity index is 1010. The van der Waals surface area contributed by atoms with E-state index in [1.807, 2.05) is 43.3 Å². The Labute approximate surface area is 165 Å². The molecule has 0 spiro atoms. The Balaban J connectivity index is 1.71. The van der Waals surface area contributed by atoms with Crippen LogP contribution in [-0.2, 0) is 0 Å². The molecular formula is C20H19BrN4O2. The van der Waals surface area contributed by atoms with Gasteiger partial charge in [0.1, 0.15) is 11.4 Å². The molecule has 1 aromatic heterocycles. The quantitative estimate of drug-likeness (QED) is 0.473. The highest BCUT2D eigenvalue weighted by Gasteiger charge is 2.11. The van der Waals surface area contributed by atoms with Gasteiger partial charge in [-0.1, -0.05) is 28.1 Å². The van der Waals surface area contributed by atoms with Gasteiger partial charge in [-0.3, -0.25) is 9.89 Å². The molecule has 3 rings (SSSR count). The zero-order valence-corrected chi connectivity index (χ0v) is 16.8. The second-order valence-electron chi connectivity index (χ2n) is 6.05. The van der Waals surface area contributed by atoms with Crippen LogP contribution in [-0.4, -0.2) is 29.4 Å². The minimum absolute atomic E-state index is 0.335. The lowest BCUT2D eigenvalue weighted by atomic mass is 10.0. The smallest absolute Gasteiger partial charge is 0.289 e. The highest BCUT2D eigenvalue weighted by molar-refractivity contribution is 9.10. The van der Waals surface area contributed by atoms with Crippen molar-refractivity contribution in [1.29, 1.82) is 0 Å². The summed E-state index contributed by atoms with van der Waals surface area (Å²) in [5.41, 5.74) is 7.62. The first-order valence-electron chi connectivity index (χ1n) is 8.28. The molecule has 0 aliphatic carbocycles. The second-order valence-corrected chi connectivity index (χ2v) is 6.97. The highest BCUT2D eigenvalue weighted by Crippen LogP contribution is 2.22. The largest absolute Gasteiger partial charge is 0.496 e. The number of carbonyl (C=O) groups is 1. The number of H-pyrrole nitrogens is 1. The molecule has 0 aliphatic rings. The van der Waals surface area contributed by atoms with Crippen molar-refractivity contribution in [3.8, 4) is 17.0 Å². The van der Waals surface area contributed by atoms with E-state index in [2.05, 4.69) is 43.6 Å². The molecular weight excluding hydrogens is 408 g/mol. The lowest BCUT2D eigenvalue weighted by Crippen LogP contribution is -2.18. The monoisotopic (exact) mass is 426 g/mol. The number of nitrogens with zero attached hydrogens (tertiary/aromatic N) is 2. The van der Waals surface area contributed by atoms with Crippen molar-refractivity contribution in [2.45, 2.75) is 13.8 Å². The van der Waals surface area contributed by atoms with E-state index in [-0.39, 0.29) is 5.91 Å². The number of aromatic amines is 1. The van der Waals surface area contributed by atoms with Crippen molar-refractivity contribution in [3.63, 3.8) is 0 Å². The third kappa shape index (κ3) is 4.43. The third-order valence-electron chi connectivity index (χ3n) is 4.19. The van der Waals surface area contributed by atoms with Gasteiger partial charge in [0.2, 0.25) is 0 Å². The number of hydrazone groups is 1. The molecule has 7 heteroatoms. The van der Waals surface area contributed by atoms with Crippen LogP contribution >= 0.6 is 15.9 Å². The van der Waals surface area contributed by atoms with E-state index in [0.717, 1.165) is 15.6 Å². The molecule has 27 heavy (non-hydrogen) atoms. The van der Waals surface area contributed by atoms with Gasteiger partial charge in [0, 0.05) is 15.6 Å². The Morgan fingerprint density at radius 3 is 2.74 bits per heavy atom. The van der Waals surface area contributed by atoms with Crippen LogP contribution in [0.3, 0.4) is 0 Å². The van der Waals surface area contributed by atoms with Crippen LogP contribution in [0.2, 0.25) is 0 Å². The lowest BCUT2D eigenvalue weighted by molar-refractivity contribution is 0.0950. The number of ether oxygens (including phenoxy) is 1. The number of nitrogens with one attached hydrogen (secondary N) is 2. The zero-order valence-electron chi connectivity index (χ0n) is 15.2. The fourth-order valence-electron chi connectivity index (χ4n) is 2.51. The second kappa shape index (κ2) is 8.18. The minimum Gasteiger partial charge on any atom is -0.496 e. The molecule has 0 aliphatic heterocycles. The molecule has 1 amide bonds. The summed E-state index contributed by atoms with van der Waals surface area (Å²) in [6, 6.07) is 13.3. The van der Waals surface area contributed by atoms with E-state index in [1.165, 1.54) is 17.3 Å². The van der Waals surface area contributed by atoms with Gasteiger partial charge < -0.3 is 4.74 Å². The first-order chi connectivity index (χ1) is 13.0. The van der Waals surface area contributed by atoms with Crippen molar-refractivity contribution in [3.05, 3.63) is 69.3 Å². The Hall–Kier alpha value is -2.93. The first-order valence-corrected chi connectivity index (χ1v) is 9.07. The van der Waals surface area contributed by atoms with Crippen molar-refractivity contribution in [2.75, 3.05) is 7.11 Å². The van der Waals surface area contributed by atoms with Gasteiger partial charge in [0.05, 0.1) is 19.0 Å². The molecule has 0 radical (unpaired) electrons. The number of carbonyl (C=O) groups excluding carboxylic acids is 1. The van der Waals surface area contributed by atoms with E-state index in [4.69, 9.17) is 4.74 Å². The maximum Gasteiger partial charge on any atom is 0.289 e. The molecule has 2 N–H and O–H groups in total. The van der Waals surface area contributed by atoms with Crippen LogP contribution in [0.1, 0.15) is 27.2 Å². The van der Waals surface area contributed by atoms with Crippen molar-refractivity contribution < 1.29 is 9.53 Å². The summed E-state index contributed by atoms with van der Waals surface area (Å²) in [5, 5.41) is 11.0. The number of benzene rings is 2. The van der Waals surface area contributed by atoms with Crippen LogP contribution in [0.25, 0.3) is 11.3 Å². The fourth-order valence-corrected chi connectivity index (χ4v) is 2.89. The molecule has 0 saturated heterocycles. The molecule has 0 unspecified atom stereocenters. The molecule has 1 heterocycles. The van der Waals surface area contributed by atoms with Gasteiger partial charge in [-0.2, -0.15) is 10.2 Å². The molecule has 2 aromatic carbocycles. The number of aryl methyl sites for hydroxylation is 2. The average Bonchev–Trinajstić information content (AvgIpc) is 3.14. The summed E-state index contributed by atoms with van der Waals surface area (Å²) >= 11 is 3.40. The predicted molar refractivity (Wildman–Crippen MR) is 109 cm³/mol. The number of halogens is 1. The summed E-state index contributed by atoms with van der Waals surface area (Å²) in [4.78, 5) is 12.3. The van der Waals surface area contributed by atoms with E-state index in [0.29, 0.717) is 17.1 Å². The third-order valence-corrected chi connectivity index (χ3v) is 4.68. The summed E-state index contributed by atoms with van der Waals surface area (Å²) < 4.78 is 6.16. The maximum absolute atomic E-state index is 12.3. The summed E-state index contributed by atoms with van der Waals surface area (Å²) in [7, 11) is 1.58. The molecule has 0 bridgehead atoms. The van der Waals surface area contributed by atoms with E-state index < -0.39 is 0 Å². The number of rotatable bonds is 5. The fraction of sp³-hybridized carbons (Fsp3) is 0.150. The molecule has 138 valence electrons. The van der Waals surface area contributed by atoms with Gasteiger partial charge in [0.25, 0.3) is 5.91 Å². The number of hydrogen-bond acceptors (Lipinski definition) is 4. The standard InChI is InChI=1S/C20H19BrN4O2/c1-12-4-5-14(8-13(12)2)17-10-18(24-23-17)20(26)25-22-11-15-9-16(21)6-7-19(15)27-3/h4-11H,1-3H3,(H,23,24)(H,25,26). The summed E-state index contributed by atoms with van der Waals surface area (Å²) in [6.07, 6.45) is 1.53. The maximum atomic E-state index is 12.3. The number of methoxy groups -OCH3 is 1. The normalized spacial score (nSPS) is 11.0. The number of aromatic nitrogens is 2. The van der Waals surface area contributed by atoms with Crippen LogP contribution in [0.4, 0.5) is 0 Å². The van der Waals surface area contributed by atoms with E-state index in [9.17, 15) is 4.79 Å². The Morgan fingerprint density at radius 2 is 2.00 bits per heavy atom. The van der Waals surface area contributed by atoms with Crippen molar-refractivity contribution >= 4 is 28.1 Å². The van der Waals surface area contributed by atoms with Crippen molar-refractivity contribution in [1.82, 2.24) is 15.6 Å². The van der Waals surface area contributed by atoms with Gasteiger partial charge in [-0.25, -0.2) is 5.43 Å². The number of hydrogen-bond donors (Lipinski definition) is 2. The van der Waals surface area contributed by atoms with Gasteiger partial charge in [-0.05, 0) is 55.3 Å². The Kier molecular flexibility index (Phi) is 5.71. The van der Waals surface area contributed by atoms with Crippen LogP contribution in [0.15, 0.2) is 52.0 Å². The van der Waals surface area contributed by atoms with Gasteiger partial charge in [-0.15, -0.1) is 0 Å². The van der Waals surface area contributed by atoms with Crippen LogP contribution < -0.4 is 10.2 Å². The minimum atomic E-state index is -0.372. The highest BCUT2D eigenvalue weighted by atomic mass is 79.9. The zero-order chi connectivity index (χ0) is 19.4. The Morgan fingerprint density at radius 1 is 1.19 bits per heavy atom. The topological polar surface area (TPSA) is 79.4 Å². The van der Waals surface area contributed by atoms with Crippen LogP contribution in [0.5, 0.6) is 5.75 Å². The molecule has 6 nitrogen and oxygen atoms in total. The van der Waals surface area contributed by atoms with Crippen molar-refractivity contribution in [2.24, 2.45) is 5.10 Å². The van der Waals surface area contributed by atoms with Crippen LogP contribution in [0, 0.1) is 13.8 Å². The SMILES string of the molecule is COc1ccc(Br)cc1C=NNC(=O)c1cc(-c2ccc(C)c(C)c2)n[nH]1. The summed E-state index contributed by atoms with van der Waals surface area (Å²) in [5.74, 6) is 0.289. The first kappa shape index (κ1) is 18.8. The average molecular weight is 427 g/mol. The molecule has 0 saturated carbocycles. The molecule has 3 aromatic rings. The summed E-state index contributed by atoms with van der Waals surface area (Å²) in [6.45, 7) is 4.10. The molecule has 0 fully saturated rings. The van der Waals surface area contributed by atoms with E-state index >= 15 is 0 Å². The van der Waals surface area contributed by atoms with Gasteiger partial charge >= 0.3 is 0 Å². The van der Waals surface area contributed by atoms with Gasteiger partial charge in [0.15, 0.2) is 0 Å². The number of amides is 1.